The quantitative estimate of drug-likeness (QED) is 0.509. The number of rotatable bonds is 6. The van der Waals surface area contributed by atoms with E-state index in [-0.39, 0.29) is 36.3 Å². The Balaban J connectivity index is 1.34. The number of anilines is 1. The Morgan fingerprint density at radius 2 is 2.00 bits per heavy atom. The van der Waals surface area contributed by atoms with Crippen molar-refractivity contribution in [2.75, 3.05) is 25.0 Å². The number of ether oxygens (including phenoxy) is 1. The van der Waals surface area contributed by atoms with Gasteiger partial charge >= 0.3 is 0 Å². The minimum absolute atomic E-state index is 0.0631. The van der Waals surface area contributed by atoms with Gasteiger partial charge in [0, 0.05) is 48.3 Å². The van der Waals surface area contributed by atoms with E-state index in [0.29, 0.717) is 30.0 Å². The number of nitrogens with zero attached hydrogens (tertiary/aromatic N) is 1. The maximum absolute atomic E-state index is 12.8. The van der Waals surface area contributed by atoms with Crippen molar-refractivity contribution in [1.82, 2.24) is 15.2 Å². The first-order valence-electron chi connectivity index (χ1n) is 12.1. The number of benzene rings is 2. The number of aryl methyl sites for hydroxylation is 2. The van der Waals surface area contributed by atoms with Gasteiger partial charge in [-0.15, -0.1) is 0 Å². The molecule has 8 nitrogen and oxygen atoms in total. The molecule has 182 valence electrons. The summed E-state index contributed by atoms with van der Waals surface area (Å²) in [6.07, 6.45) is 2.34. The summed E-state index contributed by atoms with van der Waals surface area (Å²) in [6, 6.07) is 12.9. The van der Waals surface area contributed by atoms with E-state index in [1.54, 1.807) is 0 Å². The fourth-order valence-corrected chi connectivity index (χ4v) is 5.02. The lowest BCUT2D eigenvalue weighted by Crippen LogP contribution is -2.41. The van der Waals surface area contributed by atoms with Crippen LogP contribution in [-0.2, 0) is 9.53 Å². The fourth-order valence-electron chi connectivity index (χ4n) is 5.02. The van der Waals surface area contributed by atoms with Crippen molar-refractivity contribution in [3.63, 3.8) is 0 Å². The van der Waals surface area contributed by atoms with E-state index >= 15 is 0 Å². The molecule has 0 bridgehead atoms. The van der Waals surface area contributed by atoms with Crippen LogP contribution >= 0.6 is 0 Å². The van der Waals surface area contributed by atoms with Crippen molar-refractivity contribution in [1.29, 1.82) is 0 Å². The second kappa shape index (κ2) is 9.54. The Morgan fingerprint density at radius 3 is 2.77 bits per heavy atom. The van der Waals surface area contributed by atoms with E-state index in [2.05, 4.69) is 16.0 Å². The average molecular weight is 475 g/mol. The average Bonchev–Trinajstić information content (AvgIpc) is 3.47. The number of amides is 3. The lowest BCUT2D eigenvalue weighted by atomic mass is 10.1. The molecule has 0 aliphatic carbocycles. The number of hydrogen-bond acceptors (Lipinski definition) is 4. The lowest BCUT2D eigenvalue weighted by Gasteiger charge is -2.27. The number of carbonyl (C=O) groups is 3. The maximum Gasteiger partial charge on any atom is 0.268 e. The summed E-state index contributed by atoms with van der Waals surface area (Å²) in [7, 11) is 0. The van der Waals surface area contributed by atoms with E-state index < -0.39 is 0 Å². The third kappa shape index (κ3) is 4.79. The molecule has 2 aromatic carbocycles. The van der Waals surface area contributed by atoms with Gasteiger partial charge in [0.25, 0.3) is 11.8 Å². The van der Waals surface area contributed by atoms with Gasteiger partial charge in [0.05, 0.1) is 12.1 Å². The smallest absolute Gasteiger partial charge is 0.268 e. The summed E-state index contributed by atoms with van der Waals surface area (Å²) in [6.45, 7) is 5.56. The molecule has 2 aliphatic heterocycles. The van der Waals surface area contributed by atoms with Crippen LogP contribution in [0, 0.1) is 13.8 Å². The van der Waals surface area contributed by atoms with Crippen molar-refractivity contribution in [3.8, 4) is 0 Å². The molecule has 2 aliphatic rings. The lowest BCUT2D eigenvalue weighted by molar-refractivity contribution is -0.122. The molecule has 0 spiro atoms. The molecule has 5 rings (SSSR count). The summed E-state index contributed by atoms with van der Waals surface area (Å²) in [5, 5.41) is 9.67. The van der Waals surface area contributed by atoms with Gasteiger partial charge in [-0.3, -0.25) is 14.4 Å². The first-order valence-corrected chi connectivity index (χ1v) is 12.1. The molecule has 2 atom stereocenters. The maximum atomic E-state index is 12.8. The Kier molecular flexibility index (Phi) is 6.30. The predicted molar refractivity (Wildman–Crippen MR) is 134 cm³/mol. The Labute approximate surface area is 204 Å². The zero-order valence-electron chi connectivity index (χ0n) is 20.0. The predicted octanol–water partition coefficient (Wildman–Crippen LogP) is 3.48. The summed E-state index contributed by atoms with van der Waals surface area (Å²) in [5.41, 5.74) is 4.67. The normalized spacial score (nSPS) is 19.3. The molecule has 3 heterocycles. The van der Waals surface area contributed by atoms with Crippen LogP contribution in [0.15, 0.2) is 42.5 Å². The molecule has 8 heteroatoms. The van der Waals surface area contributed by atoms with Gasteiger partial charge in [-0.05, 0) is 62.6 Å². The molecule has 0 saturated carbocycles. The molecule has 1 aromatic heterocycles. The Bertz CT molecular complexity index is 1310. The van der Waals surface area contributed by atoms with Crippen LogP contribution in [0.1, 0.15) is 57.3 Å². The summed E-state index contributed by atoms with van der Waals surface area (Å²) >= 11 is 0. The molecule has 2 unspecified atom stereocenters. The molecular weight excluding hydrogens is 444 g/mol. The zero-order valence-corrected chi connectivity index (χ0v) is 20.0. The van der Waals surface area contributed by atoms with Crippen LogP contribution < -0.4 is 16.0 Å². The standard InChI is InChI=1S/C27H30N4O4/c1-16-5-7-22(17(2)10-16)26(33)30-19-6-8-23-18(11-19)12-24-27(34)29-14-20(31(23)24)13-25(32)28-15-21-4-3-9-35-21/h5-8,10-12,20-21H,3-4,9,13-15H2,1-2H3,(H,28,32)(H,29,34)(H,30,33). The molecule has 3 N–H and O–H groups in total. The summed E-state index contributed by atoms with van der Waals surface area (Å²) in [4.78, 5) is 38.0. The molecule has 3 aromatic rings. The van der Waals surface area contributed by atoms with Gasteiger partial charge < -0.3 is 25.3 Å². The highest BCUT2D eigenvalue weighted by Gasteiger charge is 2.29. The van der Waals surface area contributed by atoms with Crippen LogP contribution in [-0.4, -0.2) is 48.1 Å². The van der Waals surface area contributed by atoms with Crippen LogP contribution in [0.4, 0.5) is 5.69 Å². The third-order valence-corrected chi connectivity index (χ3v) is 6.79. The number of carbonyl (C=O) groups excluding carboxylic acids is 3. The minimum Gasteiger partial charge on any atom is -0.376 e. The van der Waals surface area contributed by atoms with Crippen molar-refractivity contribution < 1.29 is 19.1 Å². The molecule has 0 radical (unpaired) electrons. The molecular formula is C27H30N4O4. The SMILES string of the molecule is Cc1ccc(C(=O)Nc2ccc3c(c2)cc2n3C(CC(=O)NCC3CCCO3)CNC2=O)c(C)c1. The fraction of sp³-hybridized carbons (Fsp3) is 0.370. The molecule has 1 fully saturated rings. The third-order valence-electron chi connectivity index (χ3n) is 6.79. The van der Waals surface area contributed by atoms with Gasteiger partial charge in [-0.1, -0.05) is 17.7 Å². The number of hydrogen-bond donors (Lipinski definition) is 3. The van der Waals surface area contributed by atoms with Crippen LogP contribution in [0.3, 0.4) is 0 Å². The van der Waals surface area contributed by atoms with Crippen LogP contribution in [0.2, 0.25) is 0 Å². The second-order valence-electron chi connectivity index (χ2n) is 9.45. The van der Waals surface area contributed by atoms with Gasteiger partial charge in [0.2, 0.25) is 5.91 Å². The van der Waals surface area contributed by atoms with Crippen molar-refractivity contribution in [3.05, 3.63) is 64.8 Å². The Hall–Kier alpha value is -3.65. The number of nitrogens with one attached hydrogen (secondary N) is 3. The first-order chi connectivity index (χ1) is 16.9. The topological polar surface area (TPSA) is 101 Å². The molecule has 3 amide bonds. The first kappa shape index (κ1) is 23.1. The van der Waals surface area contributed by atoms with E-state index in [1.807, 2.05) is 60.9 Å². The zero-order chi connectivity index (χ0) is 24.5. The molecule has 1 saturated heterocycles. The van der Waals surface area contributed by atoms with Gasteiger partial charge in [-0.2, -0.15) is 0 Å². The van der Waals surface area contributed by atoms with Gasteiger partial charge in [-0.25, -0.2) is 0 Å². The van der Waals surface area contributed by atoms with Crippen molar-refractivity contribution >= 4 is 34.3 Å². The van der Waals surface area contributed by atoms with E-state index in [9.17, 15) is 14.4 Å². The number of fused-ring (bicyclic) bond motifs is 3. The number of aromatic nitrogens is 1. The summed E-state index contributed by atoms with van der Waals surface area (Å²) < 4.78 is 7.52. The highest BCUT2D eigenvalue weighted by atomic mass is 16.5. The van der Waals surface area contributed by atoms with Crippen molar-refractivity contribution in [2.24, 2.45) is 0 Å². The monoisotopic (exact) mass is 474 g/mol. The highest BCUT2D eigenvalue weighted by Crippen LogP contribution is 2.30. The van der Waals surface area contributed by atoms with Crippen molar-refractivity contribution in [2.45, 2.75) is 45.3 Å². The van der Waals surface area contributed by atoms with Gasteiger partial charge in [0.1, 0.15) is 5.69 Å². The van der Waals surface area contributed by atoms with E-state index in [1.165, 1.54) is 0 Å². The van der Waals surface area contributed by atoms with Crippen LogP contribution in [0.5, 0.6) is 0 Å². The largest absolute Gasteiger partial charge is 0.376 e. The van der Waals surface area contributed by atoms with Crippen LogP contribution in [0.25, 0.3) is 10.9 Å². The molecule has 35 heavy (non-hydrogen) atoms. The van der Waals surface area contributed by atoms with E-state index in [4.69, 9.17) is 4.74 Å². The second-order valence-corrected chi connectivity index (χ2v) is 9.45. The Morgan fingerprint density at radius 1 is 1.14 bits per heavy atom. The van der Waals surface area contributed by atoms with E-state index in [0.717, 1.165) is 41.5 Å². The minimum atomic E-state index is -0.194. The summed E-state index contributed by atoms with van der Waals surface area (Å²) in [5.74, 6) is -0.408. The highest BCUT2D eigenvalue weighted by molar-refractivity contribution is 6.07. The van der Waals surface area contributed by atoms with Gasteiger partial charge in [0.15, 0.2) is 0 Å².